The van der Waals surface area contributed by atoms with Crippen molar-refractivity contribution in [3.8, 4) is 23.5 Å². The maximum Gasteiger partial charge on any atom is 0.573 e. The molecule has 1 aromatic heterocycles. The number of rotatable bonds is 4. The summed E-state index contributed by atoms with van der Waals surface area (Å²) in [4.78, 5) is 10.9. The standard InChI is InChI=1S/C11H7ClF3N3O3/c1-19-9-16-8(12)17-10(18-9)20-6-4-2-3-5-7(6)21-11(13,14)15/h2-5H,1H3. The molecule has 0 unspecified atom stereocenters. The highest BCUT2D eigenvalue weighted by molar-refractivity contribution is 6.28. The van der Waals surface area contributed by atoms with Crippen molar-refractivity contribution in [3.63, 3.8) is 0 Å². The van der Waals surface area contributed by atoms with Crippen molar-refractivity contribution in [1.82, 2.24) is 15.0 Å². The molecule has 1 aromatic carbocycles. The molecular formula is C11H7ClF3N3O3. The number of ether oxygens (including phenoxy) is 3. The second kappa shape index (κ2) is 6.00. The van der Waals surface area contributed by atoms with E-state index in [9.17, 15) is 13.2 Å². The van der Waals surface area contributed by atoms with Gasteiger partial charge in [0.2, 0.25) is 5.28 Å². The lowest BCUT2D eigenvalue weighted by atomic mass is 10.3. The molecule has 2 aromatic rings. The molecule has 2 rings (SSSR count). The maximum absolute atomic E-state index is 12.3. The van der Waals surface area contributed by atoms with Crippen molar-refractivity contribution >= 4 is 11.6 Å². The van der Waals surface area contributed by atoms with Gasteiger partial charge in [0.25, 0.3) is 0 Å². The van der Waals surface area contributed by atoms with Crippen LogP contribution in [0.1, 0.15) is 0 Å². The van der Waals surface area contributed by atoms with Crippen LogP contribution >= 0.6 is 11.6 Å². The number of hydrogen-bond acceptors (Lipinski definition) is 6. The minimum atomic E-state index is -4.85. The molecule has 10 heteroatoms. The average molecular weight is 322 g/mol. The Hall–Kier alpha value is -2.29. The molecule has 0 radical (unpaired) electrons. The molecule has 0 saturated carbocycles. The number of halogens is 4. The quantitative estimate of drug-likeness (QED) is 0.861. The maximum atomic E-state index is 12.3. The van der Waals surface area contributed by atoms with Crippen molar-refractivity contribution in [2.75, 3.05) is 7.11 Å². The van der Waals surface area contributed by atoms with Crippen molar-refractivity contribution in [3.05, 3.63) is 29.5 Å². The fourth-order valence-corrected chi connectivity index (χ4v) is 1.44. The summed E-state index contributed by atoms with van der Waals surface area (Å²) in [5.74, 6) is -0.778. The summed E-state index contributed by atoms with van der Waals surface area (Å²) in [5, 5.41) is -0.230. The first kappa shape index (κ1) is 15.1. The van der Waals surface area contributed by atoms with Gasteiger partial charge in [-0.25, -0.2) is 0 Å². The Kier molecular flexibility index (Phi) is 4.32. The van der Waals surface area contributed by atoms with Crippen molar-refractivity contribution in [1.29, 1.82) is 0 Å². The average Bonchev–Trinajstić information content (AvgIpc) is 2.38. The first-order valence-electron chi connectivity index (χ1n) is 5.35. The van der Waals surface area contributed by atoms with Crippen LogP contribution in [0.25, 0.3) is 0 Å². The molecule has 0 atom stereocenters. The summed E-state index contributed by atoms with van der Waals surface area (Å²) in [6, 6.07) is 4.69. The highest BCUT2D eigenvalue weighted by Gasteiger charge is 2.32. The SMILES string of the molecule is COc1nc(Cl)nc(Oc2ccccc2OC(F)(F)F)n1. The minimum absolute atomic E-state index is 0.140. The topological polar surface area (TPSA) is 66.4 Å². The van der Waals surface area contributed by atoms with Crippen LogP contribution in [0.4, 0.5) is 13.2 Å². The third kappa shape index (κ3) is 4.35. The van der Waals surface area contributed by atoms with Crippen LogP contribution in [0.2, 0.25) is 5.28 Å². The first-order valence-corrected chi connectivity index (χ1v) is 5.73. The Balaban J connectivity index is 2.29. The third-order valence-electron chi connectivity index (χ3n) is 2.03. The van der Waals surface area contributed by atoms with Crippen LogP contribution in [-0.4, -0.2) is 28.4 Å². The number of alkyl halides is 3. The van der Waals surface area contributed by atoms with Crippen molar-refractivity contribution < 1.29 is 27.4 Å². The zero-order valence-electron chi connectivity index (χ0n) is 10.4. The summed E-state index contributed by atoms with van der Waals surface area (Å²) in [7, 11) is 1.29. The number of aromatic nitrogens is 3. The molecule has 0 N–H and O–H groups in total. The lowest BCUT2D eigenvalue weighted by Crippen LogP contribution is -2.17. The minimum Gasteiger partial charge on any atom is -0.467 e. The fourth-order valence-electron chi connectivity index (χ4n) is 1.29. The predicted octanol–water partition coefficient (Wildman–Crippen LogP) is 3.22. The molecule has 112 valence electrons. The third-order valence-corrected chi connectivity index (χ3v) is 2.19. The van der Waals surface area contributed by atoms with Gasteiger partial charge in [-0.05, 0) is 23.7 Å². The summed E-state index contributed by atoms with van der Waals surface area (Å²) in [6.45, 7) is 0. The van der Waals surface area contributed by atoms with Gasteiger partial charge in [0, 0.05) is 0 Å². The van der Waals surface area contributed by atoms with Gasteiger partial charge in [-0.15, -0.1) is 18.2 Å². The molecule has 0 aliphatic carbocycles. The van der Waals surface area contributed by atoms with E-state index in [0.29, 0.717) is 0 Å². The second-order valence-electron chi connectivity index (χ2n) is 3.47. The van der Waals surface area contributed by atoms with E-state index in [0.717, 1.165) is 6.07 Å². The van der Waals surface area contributed by atoms with E-state index in [2.05, 4.69) is 19.7 Å². The number of benzene rings is 1. The zero-order chi connectivity index (χ0) is 15.5. The van der Waals surface area contributed by atoms with E-state index in [1.807, 2.05) is 0 Å². The van der Waals surface area contributed by atoms with E-state index < -0.39 is 12.1 Å². The monoisotopic (exact) mass is 321 g/mol. The molecule has 0 aliphatic heterocycles. The van der Waals surface area contributed by atoms with E-state index in [4.69, 9.17) is 21.1 Å². The van der Waals surface area contributed by atoms with Gasteiger partial charge in [-0.3, -0.25) is 0 Å². The Morgan fingerprint density at radius 3 is 2.24 bits per heavy atom. The number of hydrogen-bond donors (Lipinski definition) is 0. The van der Waals surface area contributed by atoms with E-state index in [-0.39, 0.29) is 23.1 Å². The van der Waals surface area contributed by atoms with Gasteiger partial charge in [0.05, 0.1) is 7.11 Å². The summed E-state index contributed by atoms with van der Waals surface area (Å²) >= 11 is 5.61. The molecule has 0 fully saturated rings. The highest BCUT2D eigenvalue weighted by Crippen LogP contribution is 2.34. The predicted molar refractivity (Wildman–Crippen MR) is 64.6 cm³/mol. The molecule has 0 saturated heterocycles. The zero-order valence-corrected chi connectivity index (χ0v) is 11.1. The van der Waals surface area contributed by atoms with E-state index >= 15 is 0 Å². The summed E-state index contributed by atoms with van der Waals surface area (Å²) < 4.78 is 50.6. The van der Waals surface area contributed by atoms with Gasteiger partial charge >= 0.3 is 18.4 Å². The van der Waals surface area contributed by atoms with Gasteiger partial charge in [-0.2, -0.15) is 9.97 Å². The van der Waals surface area contributed by atoms with Gasteiger partial charge in [0.1, 0.15) is 0 Å². The lowest BCUT2D eigenvalue weighted by molar-refractivity contribution is -0.275. The Bertz CT molecular complexity index is 640. The van der Waals surface area contributed by atoms with E-state index in [1.165, 1.54) is 25.3 Å². The molecule has 6 nitrogen and oxygen atoms in total. The van der Waals surface area contributed by atoms with Crippen molar-refractivity contribution in [2.24, 2.45) is 0 Å². The molecule has 21 heavy (non-hydrogen) atoms. The van der Waals surface area contributed by atoms with Gasteiger partial charge in [0.15, 0.2) is 11.5 Å². The summed E-state index contributed by atoms with van der Waals surface area (Å²) in [6.07, 6.45) is -4.85. The second-order valence-corrected chi connectivity index (χ2v) is 3.81. The Morgan fingerprint density at radius 1 is 1.00 bits per heavy atom. The van der Waals surface area contributed by atoms with Crippen LogP contribution < -0.4 is 14.2 Å². The highest BCUT2D eigenvalue weighted by atomic mass is 35.5. The smallest absolute Gasteiger partial charge is 0.467 e. The van der Waals surface area contributed by atoms with Crippen LogP contribution in [0, 0.1) is 0 Å². The normalized spacial score (nSPS) is 11.1. The first-order chi connectivity index (χ1) is 9.87. The van der Waals surface area contributed by atoms with Crippen molar-refractivity contribution in [2.45, 2.75) is 6.36 Å². The van der Waals surface area contributed by atoms with Gasteiger partial charge in [-0.1, -0.05) is 12.1 Å². The van der Waals surface area contributed by atoms with Crippen LogP contribution in [0.3, 0.4) is 0 Å². The number of para-hydroxylation sites is 2. The molecule has 0 spiro atoms. The van der Waals surface area contributed by atoms with Gasteiger partial charge < -0.3 is 14.2 Å². The molecule has 1 heterocycles. The number of methoxy groups -OCH3 is 1. The van der Waals surface area contributed by atoms with Crippen LogP contribution in [0.15, 0.2) is 24.3 Å². The summed E-state index contributed by atoms with van der Waals surface area (Å²) in [5.41, 5.74) is 0. The van der Waals surface area contributed by atoms with Crippen LogP contribution in [0.5, 0.6) is 23.5 Å². The molecule has 0 bridgehead atoms. The lowest BCUT2D eigenvalue weighted by Gasteiger charge is -2.12. The van der Waals surface area contributed by atoms with Crippen LogP contribution in [-0.2, 0) is 0 Å². The molecule has 0 aliphatic rings. The molecular weight excluding hydrogens is 315 g/mol. The number of nitrogens with zero attached hydrogens (tertiary/aromatic N) is 3. The fraction of sp³-hybridized carbons (Fsp3) is 0.182. The Labute approximate surface area is 121 Å². The van der Waals surface area contributed by atoms with E-state index in [1.54, 1.807) is 0 Å². The Morgan fingerprint density at radius 2 is 1.62 bits per heavy atom. The molecule has 0 amide bonds. The largest absolute Gasteiger partial charge is 0.573 e.